The molecule has 2 aromatic rings. The van der Waals surface area contributed by atoms with Crippen molar-refractivity contribution in [2.45, 2.75) is 19.4 Å². The number of nitrogens with zero attached hydrogens (tertiary/aromatic N) is 1. The van der Waals surface area contributed by atoms with Crippen molar-refractivity contribution in [3.8, 4) is 0 Å². The lowest BCUT2D eigenvalue weighted by atomic mass is 9.97. The van der Waals surface area contributed by atoms with Crippen molar-refractivity contribution in [1.82, 2.24) is 4.98 Å². The zero-order valence-corrected chi connectivity index (χ0v) is 10.0. The van der Waals surface area contributed by atoms with Crippen LogP contribution >= 0.6 is 0 Å². The van der Waals surface area contributed by atoms with E-state index in [0.717, 1.165) is 17.3 Å². The molecule has 0 saturated heterocycles. The smallest absolute Gasteiger partial charge is 0.141 e. The molecule has 1 aromatic carbocycles. The van der Waals surface area contributed by atoms with E-state index in [0.29, 0.717) is 12.0 Å². The fourth-order valence-corrected chi connectivity index (χ4v) is 1.87. The molecule has 4 heteroatoms. The van der Waals surface area contributed by atoms with Gasteiger partial charge in [0.1, 0.15) is 11.6 Å². The first-order valence-electron chi connectivity index (χ1n) is 5.67. The minimum atomic E-state index is -0.404. The largest absolute Gasteiger partial charge is 0.324 e. The van der Waals surface area contributed by atoms with Gasteiger partial charge in [0.25, 0.3) is 0 Å². The van der Waals surface area contributed by atoms with Gasteiger partial charge in [-0.05, 0) is 48.2 Å². The molecule has 0 spiro atoms. The minimum Gasteiger partial charge on any atom is -0.324 e. The topological polar surface area (TPSA) is 38.9 Å². The summed E-state index contributed by atoms with van der Waals surface area (Å²) in [5.74, 6) is -0.670. The van der Waals surface area contributed by atoms with Crippen LogP contribution in [0.15, 0.2) is 36.7 Å². The number of hydrogen-bond donors (Lipinski definition) is 1. The molecule has 0 amide bonds. The summed E-state index contributed by atoms with van der Waals surface area (Å²) in [4.78, 5) is 3.77. The zero-order chi connectivity index (χ0) is 13.1. The highest BCUT2D eigenvalue weighted by Crippen LogP contribution is 2.19. The average Bonchev–Trinajstić information content (AvgIpc) is 2.32. The van der Waals surface area contributed by atoms with Gasteiger partial charge in [-0.1, -0.05) is 6.07 Å². The van der Waals surface area contributed by atoms with E-state index in [4.69, 9.17) is 5.73 Å². The maximum atomic E-state index is 13.0. The average molecular weight is 248 g/mol. The highest BCUT2D eigenvalue weighted by atomic mass is 19.1. The summed E-state index contributed by atoms with van der Waals surface area (Å²) in [7, 11) is 0. The van der Waals surface area contributed by atoms with Crippen molar-refractivity contribution in [3.05, 3.63) is 65.0 Å². The summed E-state index contributed by atoms with van der Waals surface area (Å²) in [5, 5.41) is 0. The van der Waals surface area contributed by atoms with E-state index in [1.807, 2.05) is 6.92 Å². The number of rotatable bonds is 3. The number of hydrogen-bond acceptors (Lipinski definition) is 2. The summed E-state index contributed by atoms with van der Waals surface area (Å²) in [6, 6.07) is 5.59. The van der Waals surface area contributed by atoms with Crippen LogP contribution in [0.4, 0.5) is 8.78 Å². The van der Waals surface area contributed by atoms with Gasteiger partial charge in [0, 0.05) is 12.2 Å². The van der Waals surface area contributed by atoms with Crippen LogP contribution in [0.1, 0.15) is 22.7 Å². The quantitative estimate of drug-likeness (QED) is 0.907. The Morgan fingerprint density at radius 1 is 1.17 bits per heavy atom. The SMILES string of the molecule is Cc1cc(F)ccc1CC(N)c1cncc(F)c1. The Kier molecular flexibility index (Phi) is 3.67. The Labute approximate surface area is 104 Å². The van der Waals surface area contributed by atoms with Gasteiger partial charge in [-0.2, -0.15) is 0 Å². The van der Waals surface area contributed by atoms with Crippen molar-refractivity contribution in [2.24, 2.45) is 5.73 Å². The van der Waals surface area contributed by atoms with Gasteiger partial charge in [0.05, 0.1) is 6.20 Å². The third-order valence-electron chi connectivity index (χ3n) is 2.90. The molecule has 0 aliphatic carbocycles. The van der Waals surface area contributed by atoms with Crippen LogP contribution in [-0.4, -0.2) is 4.98 Å². The highest BCUT2D eigenvalue weighted by molar-refractivity contribution is 5.29. The van der Waals surface area contributed by atoms with Crippen molar-refractivity contribution >= 4 is 0 Å². The van der Waals surface area contributed by atoms with Crippen LogP contribution < -0.4 is 5.73 Å². The zero-order valence-electron chi connectivity index (χ0n) is 10.0. The molecule has 1 heterocycles. The molecule has 2 rings (SSSR count). The van der Waals surface area contributed by atoms with Gasteiger partial charge in [-0.15, -0.1) is 0 Å². The van der Waals surface area contributed by atoms with E-state index < -0.39 is 5.82 Å². The monoisotopic (exact) mass is 248 g/mol. The first-order valence-corrected chi connectivity index (χ1v) is 5.67. The molecule has 0 fully saturated rings. The van der Waals surface area contributed by atoms with Crippen LogP contribution in [0.25, 0.3) is 0 Å². The number of benzene rings is 1. The molecule has 94 valence electrons. The number of aryl methyl sites for hydroxylation is 1. The number of aromatic nitrogens is 1. The molecule has 2 N–H and O–H groups in total. The van der Waals surface area contributed by atoms with Gasteiger partial charge in [-0.25, -0.2) is 8.78 Å². The number of halogens is 2. The van der Waals surface area contributed by atoms with Gasteiger partial charge < -0.3 is 5.73 Å². The lowest BCUT2D eigenvalue weighted by Crippen LogP contribution is -2.14. The molecule has 1 aromatic heterocycles. The van der Waals surface area contributed by atoms with Crippen LogP contribution in [0.5, 0.6) is 0 Å². The molecule has 0 bridgehead atoms. The van der Waals surface area contributed by atoms with Crippen molar-refractivity contribution in [3.63, 3.8) is 0 Å². The van der Waals surface area contributed by atoms with Gasteiger partial charge in [0.15, 0.2) is 0 Å². The first-order chi connectivity index (χ1) is 8.56. The molecule has 0 radical (unpaired) electrons. The summed E-state index contributed by atoms with van der Waals surface area (Å²) >= 11 is 0. The Balaban J connectivity index is 2.18. The predicted molar refractivity (Wildman–Crippen MR) is 66.0 cm³/mol. The van der Waals surface area contributed by atoms with E-state index in [-0.39, 0.29) is 11.9 Å². The second kappa shape index (κ2) is 5.23. The molecule has 0 aliphatic heterocycles. The first kappa shape index (κ1) is 12.6. The van der Waals surface area contributed by atoms with Crippen molar-refractivity contribution < 1.29 is 8.78 Å². The van der Waals surface area contributed by atoms with Crippen molar-refractivity contribution in [1.29, 1.82) is 0 Å². The second-order valence-electron chi connectivity index (χ2n) is 4.32. The van der Waals surface area contributed by atoms with E-state index >= 15 is 0 Å². The lowest BCUT2D eigenvalue weighted by Gasteiger charge is -2.13. The Morgan fingerprint density at radius 2 is 1.94 bits per heavy atom. The third kappa shape index (κ3) is 2.90. The number of nitrogens with two attached hydrogens (primary N) is 1. The van der Waals surface area contributed by atoms with Gasteiger partial charge >= 0.3 is 0 Å². The highest BCUT2D eigenvalue weighted by Gasteiger charge is 2.10. The summed E-state index contributed by atoms with van der Waals surface area (Å²) in [6.07, 6.45) is 3.21. The molecule has 0 saturated carbocycles. The van der Waals surface area contributed by atoms with Gasteiger partial charge in [-0.3, -0.25) is 4.98 Å². The molecular formula is C14H14F2N2. The predicted octanol–water partition coefficient (Wildman–Crippen LogP) is 2.91. The summed E-state index contributed by atoms with van der Waals surface area (Å²) < 4.78 is 26.0. The Bertz CT molecular complexity index is 555. The fraction of sp³-hybridized carbons (Fsp3) is 0.214. The normalized spacial score (nSPS) is 12.4. The third-order valence-corrected chi connectivity index (χ3v) is 2.90. The fourth-order valence-electron chi connectivity index (χ4n) is 1.87. The van der Waals surface area contributed by atoms with Crippen LogP contribution in [-0.2, 0) is 6.42 Å². The molecular weight excluding hydrogens is 234 g/mol. The van der Waals surface area contributed by atoms with Gasteiger partial charge in [0.2, 0.25) is 0 Å². The second-order valence-corrected chi connectivity index (χ2v) is 4.32. The van der Waals surface area contributed by atoms with E-state index in [1.165, 1.54) is 18.2 Å². The molecule has 2 nitrogen and oxygen atoms in total. The minimum absolute atomic E-state index is 0.266. The Morgan fingerprint density at radius 3 is 2.61 bits per heavy atom. The van der Waals surface area contributed by atoms with Crippen LogP contribution in [0.3, 0.4) is 0 Å². The van der Waals surface area contributed by atoms with Crippen LogP contribution in [0.2, 0.25) is 0 Å². The van der Waals surface area contributed by atoms with Crippen LogP contribution in [0, 0.1) is 18.6 Å². The lowest BCUT2D eigenvalue weighted by molar-refractivity contribution is 0.609. The van der Waals surface area contributed by atoms with E-state index in [9.17, 15) is 8.78 Å². The molecule has 1 unspecified atom stereocenters. The molecule has 1 atom stereocenters. The van der Waals surface area contributed by atoms with E-state index in [1.54, 1.807) is 12.3 Å². The standard InChI is InChI=1S/C14H14F2N2/c1-9-4-12(15)3-2-10(9)6-14(17)11-5-13(16)8-18-7-11/h2-5,7-8,14H,6,17H2,1H3. The number of pyridine rings is 1. The molecule has 18 heavy (non-hydrogen) atoms. The Hall–Kier alpha value is -1.81. The summed E-state index contributed by atoms with van der Waals surface area (Å²) in [6.45, 7) is 1.83. The molecule has 0 aliphatic rings. The van der Waals surface area contributed by atoms with E-state index in [2.05, 4.69) is 4.98 Å². The summed E-state index contributed by atoms with van der Waals surface area (Å²) in [5.41, 5.74) is 8.43. The van der Waals surface area contributed by atoms with Crippen molar-refractivity contribution in [2.75, 3.05) is 0 Å². The maximum Gasteiger partial charge on any atom is 0.141 e. The maximum absolute atomic E-state index is 13.0.